The van der Waals surface area contributed by atoms with Crippen molar-refractivity contribution >= 4 is 23.2 Å². The van der Waals surface area contributed by atoms with Gasteiger partial charge in [0.2, 0.25) is 5.88 Å². The first-order chi connectivity index (χ1) is 18.6. The van der Waals surface area contributed by atoms with Gasteiger partial charge in [0, 0.05) is 28.6 Å². The average Bonchev–Trinajstić information content (AvgIpc) is 3.42. The van der Waals surface area contributed by atoms with Crippen LogP contribution in [-0.4, -0.2) is 16.8 Å². The number of carbonyl (C=O) groups excluding carboxylic acids is 2. The first kappa shape index (κ1) is 23.2. The lowest BCUT2D eigenvalue weighted by Gasteiger charge is -2.22. The summed E-state index contributed by atoms with van der Waals surface area (Å²) in [5.74, 6) is -0.880. The van der Waals surface area contributed by atoms with Crippen molar-refractivity contribution in [1.29, 1.82) is 0 Å². The molecule has 0 fully saturated rings. The van der Waals surface area contributed by atoms with Crippen LogP contribution in [0.1, 0.15) is 26.3 Å². The normalized spacial score (nSPS) is 12.1. The molecule has 0 radical (unpaired) electrons. The number of ether oxygens (including phenoxy) is 1. The highest BCUT2D eigenvalue weighted by Gasteiger charge is 2.28. The Kier molecular flexibility index (Phi) is 5.89. The summed E-state index contributed by atoms with van der Waals surface area (Å²) in [6, 6.07) is 23.4. The summed E-state index contributed by atoms with van der Waals surface area (Å²) in [4.78, 5) is 32.4. The van der Waals surface area contributed by atoms with Crippen molar-refractivity contribution in [3.05, 3.63) is 126 Å². The molecule has 0 saturated heterocycles. The number of rotatable bonds is 4. The maximum absolute atomic E-state index is 15.3. The third kappa shape index (κ3) is 4.28. The lowest BCUT2D eigenvalue weighted by atomic mass is 10.0. The molecule has 0 aliphatic carbocycles. The minimum absolute atomic E-state index is 0.135. The van der Waals surface area contributed by atoms with Gasteiger partial charge in [-0.05, 0) is 54.1 Å². The van der Waals surface area contributed by atoms with Crippen molar-refractivity contribution in [2.75, 3.05) is 10.2 Å². The molecule has 1 aliphatic heterocycles. The number of nitrogens with zero attached hydrogens (tertiary/aromatic N) is 2. The Morgan fingerprint density at radius 2 is 1.76 bits per heavy atom. The number of furan rings is 1. The summed E-state index contributed by atoms with van der Waals surface area (Å²) in [5, 5.41) is 2.72. The number of fused-ring (bicyclic) bond motifs is 2. The number of hydrogen-bond acceptors (Lipinski definition) is 5. The van der Waals surface area contributed by atoms with Gasteiger partial charge < -0.3 is 19.4 Å². The Hall–Kier alpha value is -5.24. The average molecular weight is 506 g/mol. The molecule has 186 valence electrons. The molecule has 2 aromatic heterocycles. The van der Waals surface area contributed by atoms with E-state index in [1.807, 2.05) is 12.1 Å². The van der Waals surface area contributed by atoms with Crippen molar-refractivity contribution in [2.24, 2.45) is 0 Å². The Bertz CT molecular complexity index is 1670. The molecule has 38 heavy (non-hydrogen) atoms. The fraction of sp³-hybridized carbons (Fsp3) is 0.0333. The molecule has 5 aromatic rings. The van der Waals surface area contributed by atoms with E-state index >= 15 is 4.39 Å². The van der Waals surface area contributed by atoms with E-state index in [0.29, 0.717) is 34.0 Å². The van der Waals surface area contributed by atoms with E-state index in [0.717, 1.165) is 11.6 Å². The fourth-order valence-corrected chi connectivity index (χ4v) is 4.40. The van der Waals surface area contributed by atoms with Crippen molar-refractivity contribution in [1.82, 2.24) is 4.98 Å². The molecule has 0 saturated carbocycles. The molecule has 0 atom stereocenters. The van der Waals surface area contributed by atoms with Crippen LogP contribution in [0.5, 0.6) is 11.6 Å². The summed E-state index contributed by atoms with van der Waals surface area (Å²) < 4.78 is 26.4. The minimum Gasteiger partial charge on any atom is -0.472 e. The second-order valence-electron chi connectivity index (χ2n) is 8.64. The van der Waals surface area contributed by atoms with Crippen LogP contribution in [0, 0.1) is 5.82 Å². The summed E-state index contributed by atoms with van der Waals surface area (Å²) in [7, 11) is 0. The number of benzene rings is 3. The maximum atomic E-state index is 15.3. The van der Waals surface area contributed by atoms with Crippen LogP contribution in [-0.2, 0) is 6.54 Å². The lowest BCUT2D eigenvalue weighted by molar-refractivity contribution is 0.0980. The number of halogens is 1. The smallest absolute Gasteiger partial charge is 0.261 e. The third-order valence-corrected chi connectivity index (χ3v) is 6.25. The van der Waals surface area contributed by atoms with E-state index in [-0.39, 0.29) is 17.8 Å². The molecule has 7 nitrogen and oxygen atoms in total. The number of para-hydroxylation sites is 2. The molecule has 3 heterocycles. The van der Waals surface area contributed by atoms with Crippen molar-refractivity contribution in [2.45, 2.75) is 6.54 Å². The van der Waals surface area contributed by atoms with Crippen molar-refractivity contribution in [3.8, 4) is 22.8 Å². The first-order valence-electron chi connectivity index (χ1n) is 11.8. The fourth-order valence-electron chi connectivity index (χ4n) is 4.40. The summed E-state index contributed by atoms with van der Waals surface area (Å²) in [6.07, 6.45) is 4.69. The summed E-state index contributed by atoms with van der Waals surface area (Å²) >= 11 is 0. The van der Waals surface area contributed by atoms with Crippen molar-refractivity contribution in [3.63, 3.8) is 0 Å². The van der Waals surface area contributed by atoms with Gasteiger partial charge in [0.25, 0.3) is 11.8 Å². The number of nitrogens with one attached hydrogen (secondary N) is 1. The van der Waals surface area contributed by atoms with Crippen LogP contribution in [0.2, 0.25) is 0 Å². The molecule has 0 unspecified atom stereocenters. The molecular weight excluding hydrogens is 485 g/mol. The van der Waals surface area contributed by atoms with Crippen LogP contribution in [0.25, 0.3) is 11.1 Å². The van der Waals surface area contributed by atoms with Gasteiger partial charge in [-0.3, -0.25) is 9.59 Å². The van der Waals surface area contributed by atoms with Crippen LogP contribution in [0.3, 0.4) is 0 Å². The molecule has 2 amide bonds. The van der Waals surface area contributed by atoms with Gasteiger partial charge in [0.1, 0.15) is 5.82 Å². The second kappa shape index (κ2) is 9.67. The molecule has 6 rings (SSSR count). The number of carbonyl (C=O) groups is 2. The van der Waals surface area contributed by atoms with E-state index in [2.05, 4.69) is 10.3 Å². The molecular formula is C30H20FN3O4. The SMILES string of the molecule is O=C(Nc1ccc(C(=O)N2Cc3cccnc3Oc3ccccc32)c(F)c1)c1ccccc1-c1ccoc1. The van der Waals surface area contributed by atoms with Gasteiger partial charge in [0.15, 0.2) is 5.75 Å². The Morgan fingerprint density at radius 3 is 2.61 bits per heavy atom. The highest BCUT2D eigenvalue weighted by molar-refractivity contribution is 6.10. The van der Waals surface area contributed by atoms with E-state index in [1.54, 1.807) is 67.1 Å². The van der Waals surface area contributed by atoms with Crippen LogP contribution in [0.15, 0.2) is 108 Å². The second-order valence-corrected chi connectivity index (χ2v) is 8.64. The van der Waals surface area contributed by atoms with Crippen LogP contribution in [0.4, 0.5) is 15.8 Å². The third-order valence-electron chi connectivity index (χ3n) is 6.25. The van der Waals surface area contributed by atoms with Crippen LogP contribution >= 0.6 is 0 Å². The van der Waals surface area contributed by atoms with Gasteiger partial charge in [-0.15, -0.1) is 0 Å². The van der Waals surface area contributed by atoms with Gasteiger partial charge in [-0.1, -0.05) is 36.4 Å². The predicted molar refractivity (Wildman–Crippen MR) is 140 cm³/mol. The molecule has 8 heteroatoms. The summed E-state index contributed by atoms with van der Waals surface area (Å²) in [6.45, 7) is 0.155. The van der Waals surface area contributed by atoms with E-state index < -0.39 is 17.6 Å². The maximum Gasteiger partial charge on any atom is 0.261 e. The Labute approximate surface area is 217 Å². The molecule has 0 spiro atoms. The first-order valence-corrected chi connectivity index (χ1v) is 11.8. The molecule has 0 bridgehead atoms. The zero-order valence-corrected chi connectivity index (χ0v) is 19.9. The number of hydrogen-bond donors (Lipinski definition) is 1. The largest absolute Gasteiger partial charge is 0.472 e. The number of anilines is 2. The quantitative estimate of drug-likeness (QED) is 0.294. The molecule has 1 aliphatic rings. The van der Waals surface area contributed by atoms with E-state index in [9.17, 15) is 9.59 Å². The van der Waals surface area contributed by atoms with Gasteiger partial charge in [-0.25, -0.2) is 9.37 Å². The number of amides is 2. The van der Waals surface area contributed by atoms with Gasteiger partial charge in [0.05, 0.1) is 30.3 Å². The Balaban J connectivity index is 1.28. The van der Waals surface area contributed by atoms with Gasteiger partial charge >= 0.3 is 0 Å². The van der Waals surface area contributed by atoms with Crippen LogP contribution < -0.4 is 15.0 Å². The zero-order chi connectivity index (χ0) is 26.1. The monoisotopic (exact) mass is 505 g/mol. The zero-order valence-electron chi connectivity index (χ0n) is 19.9. The van der Waals surface area contributed by atoms with E-state index in [4.69, 9.17) is 9.15 Å². The Morgan fingerprint density at radius 1 is 0.921 bits per heavy atom. The molecule has 3 aromatic carbocycles. The standard InChI is InChI=1S/C30H20FN3O4/c31-25-16-21(33-28(35)23-8-2-1-7-22(23)20-13-15-37-18-20)11-12-24(25)30(36)34-17-19-6-5-14-32-29(19)38-27-10-4-3-9-26(27)34/h1-16,18H,17H2,(H,33,35). The van der Waals surface area contributed by atoms with Gasteiger partial charge in [-0.2, -0.15) is 0 Å². The summed E-state index contributed by atoms with van der Waals surface area (Å²) in [5.41, 5.74) is 3.12. The highest BCUT2D eigenvalue weighted by Crippen LogP contribution is 2.38. The lowest BCUT2D eigenvalue weighted by Crippen LogP contribution is -2.30. The highest BCUT2D eigenvalue weighted by atomic mass is 19.1. The van der Waals surface area contributed by atoms with E-state index in [1.165, 1.54) is 23.3 Å². The number of aromatic nitrogens is 1. The topological polar surface area (TPSA) is 84.7 Å². The van der Waals surface area contributed by atoms with Crippen molar-refractivity contribution < 1.29 is 23.1 Å². The molecule has 1 N–H and O–H groups in total. The minimum atomic E-state index is -0.759. The predicted octanol–water partition coefficient (Wildman–Crippen LogP) is 6.69. The number of pyridine rings is 1.